The highest BCUT2D eigenvalue weighted by Gasteiger charge is 2.29. The molecule has 0 unspecified atom stereocenters. The molecule has 0 aliphatic heterocycles. The summed E-state index contributed by atoms with van der Waals surface area (Å²) in [4.78, 5) is 12.6. The summed E-state index contributed by atoms with van der Waals surface area (Å²) in [5.41, 5.74) is 3.41. The SMILES string of the molecule is COc1ccccc1N(CC(=O)N/N=C\c1ccc(Br)cc1)S(=O)(=O)c1ccccc1. The lowest BCUT2D eigenvalue weighted by Gasteiger charge is -2.25. The lowest BCUT2D eigenvalue weighted by atomic mass is 10.2. The van der Waals surface area contributed by atoms with Gasteiger partial charge in [0.05, 0.1) is 23.9 Å². The van der Waals surface area contributed by atoms with E-state index in [1.807, 2.05) is 24.3 Å². The molecule has 31 heavy (non-hydrogen) atoms. The first kappa shape index (κ1) is 22.5. The number of para-hydroxylation sites is 2. The Kier molecular flexibility index (Phi) is 7.43. The molecule has 0 fully saturated rings. The van der Waals surface area contributed by atoms with Crippen molar-refractivity contribution in [3.63, 3.8) is 0 Å². The van der Waals surface area contributed by atoms with Crippen molar-refractivity contribution in [3.8, 4) is 5.75 Å². The predicted molar refractivity (Wildman–Crippen MR) is 124 cm³/mol. The third-order valence-corrected chi connectivity index (χ3v) is 6.55. The van der Waals surface area contributed by atoms with Gasteiger partial charge in [0.25, 0.3) is 15.9 Å². The molecule has 3 aromatic carbocycles. The van der Waals surface area contributed by atoms with Crippen LogP contribution >= 0.6 is 15.9 Å². The van der Waals surface area contributed by atoms with Gasteiger partial charge >= 0.3 is 0 Å². The van der Waals surface area contributed by atoms with Crippen molar-refractivity contribution < 1.29 is 17.9 Å². The largest absolute Gasteiger partial charge is 0.495 e. The predicted octanol–water partition coefficient (Wildman–Crippen LogP) is 3.80. The summed E-state index contributed by atoms with van der Waals surface area (Å²) in [6.07, 6.45) is 1.48. The van der Waals surface area contributed by atoms with E-state index in [1.165, 1.54) is 25.5 Å². The Balaban J connectivity index is 1.86. The number of carbonyl (C=O) groups is 1. The molecule has 3 aromatic rings. The van der Waals surface area contributed by atoms with Crippen LogP contribution in [0.3, 0.4) is 0 Å². The van der Waals surface area contributed by atoms with Gasteiger partial charge in [0.2, 0.25) is 0 Å². The van der Waals surface area contributed by atoms with Crippen LogP contribution < -0.4 is 14.5 Å². The molecule has 160 valence electrons. The number of benzene rings is 3. The molecule has 1 N–H and O–H groups in total. The van der Waals surface area contributed by atoms with Crippen LogP contribution in [0.4, 0.5) is 5.69 Å². The maximum Gasteiger partial charge on any atom is 0.264 e. The minimum Gasteiger partial charge on any atom is -0.495 e. The van der Waals surface area contributed by atoms with Crippen molar-refractivity contribution in [2.45, 2.75) is 4.90 Å². The van der Waals surface area contributed by atoms with E-state index in [0.717, 1.165) is 14.3 Å². The van der Waals surface area contributed by atoms with E-state index < -0.39 is 22.5 Å². The third kappa shape index (κ3) is 5.71. The summed E-state index contributed by atoms with van der Waals surface area (Å²) < 4.78 is 33.9. The van der Waals surface area contributed by atoms with Crippen LogP contribution in [0.2, 0.25) is 0 Å². The number of nitrogens with zero attached hydrogens (tertiary/aromatic N) is 2. The Morgan fingerprint density at radius 2 is 1.68 bits per heavy atom. The van der Waals surface area contributed by atoms with Crippen molar-refractivity contribution in [3.05, 3.63) is 88.9 Å². The van der Waals surface area contributed by atoms with Gasteiger partial charge in [-0.2, -0.15) is 5.10 Å². The standard InChI is InChI=1S/C22H20BrN3O4S/c1-30-21-10-6-5-9-20(21)26(31(28,29)19-7-3-2-4-8-19)16-22(27)25-24-15-17-11-13-18(23)14-12-17/h2-15H,16H2,1H3,(H,25,27)/b24-15-. The lowest BCUT2D eigenvalue weighted by molar-refractivity contribution is -0.119. The number of carbonyl (C=O) groups excluding carboxylic acids is 1. The molecule has 1 amide bonds. The van der Waals surface area contributed by atoms with Crippen LogP contribution in [0.25, 0.3) is 0 Å². The number of hydrogen-bond donors (Lipinski definition) is 1. The van der Waals surface area contributed by atoms with E-state index in [2.05, 4.69) is 26.5 Å². The summed E-state index contributed by atoms with van der Waals surface area (Å²) in [6, 6.07) is 21.8. The molecule has 0 aromatic heterocycles. The number of halogens is 1. The van der Waals surface area contributed by atoms with Crippen LogP contribution in [0, 0.1) is 0 Å². The molecule has 0 saturated carbocycles. The number of ether oxygens (including phenoxy) is 1. The Morgan fingerprint density at radius 3 is 2.35 bits per heavy atom. The van der Waals surface area contributed by atoms with Crippen LogP contribution in [-0.4, -0.2) is 34.2 Å². The van der Waals surface area contributed by atoms with E-state index >= 15 is 0 Å². The zero-order valence-electron chi connectivity index (χ0n) is 16.6. The lowest BCUT2D eigenvalue weighted by Crippen LogP contribution is -2.39. The average Bonchev–Trinajstić information content (AvgIpc) is 2.79. The molecule has 3 rings (SSSR count). The summed E-state index contributed by atoms with van der Waals surface area (Å²) in [7, 11) is -2.59. The fourth-order valence-corrected chi connectivity index (χ4v) is 4.47. The van der Waals surface area contributed by atoms with Crippen molar-refractivity contribution in [2.75, 3.05) is 18.0 Å². The highest BCUT2D eigenvalue weighted by atomic mass is 79.9. The molecule has 0 atom stereocenters. The second kappa shape index (κ2) is 10.2. The van der Waals surface area contributed by atoms with Crippen molar-refractivity contribution in [1.29, 1.82) is 0 Å². The summed E-state index contributed by atoms with van der Waals surface area (Å²) in [5.74, 6) is -0.271. The molecule has 0 spiro atoms. The van der Waals surface area contributed by atoms with Crippen LogP contribution in [0.5, 0.6) is 5.75 Å². The number of methoxy groups -OCH3 is 1. The van der Waals surface area contributed by atoms with Gasteiger partial charge in [-0.3, -0.25) is 9.10 Å². The van der Waals surface area contributed by atoms with Gasteiger partial charge in [0, 0.05) is 4.47 Å². The minimum atomic E-state index is -4.03. The Hall–Kier alpha value is -3.17. The molecule has 0 aliphatic carbocycles. The zero-order valence-corrected chi connectivity index (χ0v) is 19.0. The zero-order chi connectivity index (χ0) is 22.3. The number of amides is 1. The summed E-state index contributed by atoms with van der Waals surface area (Å²) in [6.45, 7) is -0.477. The maximum absolute atomic E-state index is 13.3. The number of hydrogen-bond acceptors (Lipinski definition) is 5. The third-order valence-electron chi connectivity index (χ3n) is 4.25. The highest BCUT2D eigenvalue weighted by molar-refractivity contribution is 9.10. The molecule has 0 bridgehead atoms. The van der Waals surface area contributed by atoms with Crippen LogP contribution in [0.15, 0.2) is 93.3 Å². The van der Waals surface area contributed by atoms with E-state index in [9.17, 15) is 13.2 Å². The second-order valence-electron chi connectivity index (χ2n) is 6.34. The van der Waals surface area contributed by atoms with E-state index in [0.29, 0.717) is 5.75 Å². The monoisotopic (exact) mass is 501 g/mol. The molecule has 0 radical (unpaired) electrons. The number of sulfonamides is 1. The van der Waals surface area contributed by atoms with Gasteiger partial charge in [-0.15, -0.1) is 0 Å². The van der Waals surface area contributed by atoms with Gasteiger partial charge in [0.15, 0.2) is 0 Å². The van der Waals surface area contributed by atoms with E-state index in [-0.39, 0.29) is 10.6 Å². The van der Waals surface area contributed by atoms with Gasteiger partial charge < -0.3 is 4.74 Å². The number of rotatable bonds is 8. The Labute approximate surface area is 189 Å². The van der Waals surface area contributed by atoms with Crippen molar-refractivity contribution >= 4 is 43.8 Å². The fourth-order valence-electron chi connectivity index (χ4n) is 2.75. The topological polar surface area (TPSA) is 88.1 Å². The minimum absolute atomic E-state index is 0.0621. The first-order valence-corrected chi connectivity index (χ1v) is 11.4. The fraction of sp³-hybridized carbons (Fsp3) is 0.0909. The van der Waals surface area contributed by atoms with E-state index in [1.54, 1.807) is 42.5 Å². The van der Waals surface area contributed by atoms with Gasteiger partial charge in [-0.1, -0.05) is 58.4 Å². The maximum atomic E-state index is 13.3. The highest BCUT2D eigenvalue weighted by Crippen LogP contribution is 2.31. The summed E-state index contributed by atoms with van der Waals surface area (Å²) in [5, 5.41) is 3.92. The van der Waals surface area contributed by atoms with Gasteiger partial charge in [0.1, 0.15) is 12.3 Å². The second-order valence-corrected chi connectivity index (χ2v) is 9.12. The first-order chi connectivity index (χ1) is 14.9. The molecule has 0 saturated heterocycles. The first-order valence-electron chi connectivity index (χ1n) is 9.20. The number of anilines is 1. The summed E-state index contributed by atoms with van der Waals surface area (Å²) >= 11 is 3.35. The number of hydrazone groups is 1. The average molecular weight is 502 g/mol. The number of nitrogens with one attached hydrogen (secondary N) is 1. The normalized spacial score (nSPS) is 11.3. The molecule has 9 heteroatoms. The van der Waals surface area contributed by atoms with Gasteiger partial charge in [-0.05, 0) is 42.0 Å². The van der Waals surface area contributed by atoms with E-state index in [4.69, 9.17) is 4.74 Å². The van der Waals surface area contributed by atoms with Crippen molar-refractivity contribution in [1.82, 2.24) is 5.43 Å². The molecular formula is C22H20BrN3O4S. The Bertz CT molecular complexity index is 1170. The quantitative estimate of drug-likeness (QED) is 0.375. The molecule has 7 nitrogen and oxygen atoms in total. The van der Waals surface area contributed by atoms with Gasteiger partial charge in [-0.25, -0.2) is 13.8 Å². The van der Waals surface area contributed by atoms with Crippen LogP contribution in [-0.2, 0) is 14.8 Å². The molecular weight excluding hydrogens is 482 g/mol. The van der Waals surface area contributed by atoms with Crippen molar-refractivity contribution in [2.24, 2.45) is 5.10 Å². The molecule has 0 aliphatic rings. The van der Waals surface area contributed by atoms with Crippen LogP contribution in [0.1, 0.15) is 5.56 Å². The Morgan fingerprint density at radius 1 is 1.03 bits per heavy atom. The smallest absolute Gasteiger partial charge is 0.264 e. The molecule has 0 heterocycles.